The number of piperidine rings is 1. The summed E-state index contributed by atoms with van der Waals surface area (Å²) in [5.41, 5.74) is -0.221. The molecule has 5 heteroatoms. The lowest BCUT2D eigenvalue weighted by molar-refractivity contribution is -0.138. The summed E-state index contributed by atoms with van der Waals surface area (Å²) in [6.45, 7) is 6.36. The molecule has 2 rings (SSSR count). The summed E-state index contributed by atoms with van der Waals surface area (Å²) in [6.07, 6.45) is -1.84. The first-order valence-corrected chi connectivity index (χ1v) is 7.55. The lowest BCUT2D eigenvalue weighted by atomic mass is 9.99. The first-order valence-electron chi connectivity index (χ1n) is 7.55. The molecule has 1 aliphatic rings. The van der Waals surface area contributed by atoms with Gasteiger partial charge in [0.1, 0.15) is 0 Å². The number of alkyl halides is 3. The fraction of sp³-hybridized carbons (Fsp3) is 0.625. The summed E-state index contributed by atoms with van der Waals surface area (Å²) in [4.78, 5) is 2.38. The number of benzene rings is 1. The first-order chi connectivity index (χ1) is 9.97. The smallest absolute Gasteiger partial charge is 0.311 e. The highest BCUT2D eigenvalue weighted by molar-refractivity contribution is 5.29. The number of rotatable bonds is 5. The molecule has 0 amide bonds. The average molecular weight is 300 g/mol. The fourth-order valence-electron chi connectivity index (χ4n) is 2.70. The molecule has 1 aliphatic heterocycles. The number of nitrogens with zero attached hydrogens (tertiary/aromatic N) is 1. The minimum absolute atomic E-state index is 0.264. The zero-order chi connectivity index (χ0) is 15.3. The van der Waals surface area contributed by atoms with Gasteiger partial charge in [0, 0.05) is 19.6 Å². The van der Waals surface area contributed by atoms with Gasteiger partial charge in [0.05, 0.1) is 5.56 Å². The van der Waals surface area contributed by atoms with E-state index in [9.17, 15) is 13.2 Å². The van der Waals surface area contributed by atoms with Crippen LogP contribution in [0, 0.1) is 5.92 Å². The van der Waals surface area contributed by atoms with Gasteiger partial charge >= 0.3 is 6.18 Å². The highest BCUT2D eigenvalue weighted by Crippen LogP contribution is 2.31. The normalized spacial score (nSPS) is 18.1. The molecule has 0 saturated carbocycles. The highest BCUT2D eigenvalue weighted by Gasteiger charge is 2.32. The lowest BCUT2D eigenvalue weighted by Gasteiger charge is -2.30. The second-order valence-corrected chi connectivity index (χ2v) is 5.86. The van der Waals surface area contributed by atoms with Crippen LogP contribution in [0.4, 0.5) is 13.2 Å². The highest BCUT2D eigenvalue weighted by atomic mass is 19.4. The van der Waals surface area contributed by atoms with Gasteiger partial charge in [-0.3, -0.25) is 0 Å². The van der Waals surface area contributed by atoms with Crippen molar-refractivity contribution in [3.63, 3.8) is 0 Å². The summed E-state index contributed by atoms with van der Waals surface area (Å²) in [7, 11) is 0. The van der Waals surface area contributed by atoms with Gasteiger partial charge in [-0.05, 0) is 43.5 Å². The predicted molar refractivity (Wildman–Crippen MR) is 78.0 cm³/mol. The quantitative estimate of drug-likeness (QED) is 0.837. The zero-order valence-corrected chi connectivity index (χ0v) is 12.4. The van der Waals surface area contributed by atoms with Crippen molar-refractivity contribution < 1.29 is 13.2 Å². The average Bonchev–Trinajstić information content (AvgIpc) is 2.45. The van der Waals surface area contributed by atoms with Crippen molar-refractivity contribution >= 4 is 0 Å². The monoisotopic (exact) mass is 300 g/mol. The first kappa shape index (κ1) is 16.3. The second-order valence-electron chi connectivity index (χ2n) is 5.86. The van der Waals surface area contributed by atoms with E-state index in [0.717, 1.165) is 38.2 Å². The fourth-order valence-corrected chi connectivity index (χ4v) is 2.70. The Hall–Kier alpha value is -1.07. The van der Waals surface area contributed by atoms with Crippen LogP contribution >= 0.6 is 0 Å². The maximum Gasteiger partial charge on any atom is 0.416 e. The summed E-state index contributed by atoms with van der Waals surface area (Å²) >= 11 is 0. The van der Waals surface area contributed by atoms with Crippen LogP contribution in [-0.4, -0.2) is 31.1 Å². The van der Waals surface area contributed by atoms with E-state index in [2.05, 4.69) is 17.1 Å². The molecule has 0 spiro atoms. The SMILES string of the molecule is CC1CCN(CCNCc2ccccc2C(F)(F)F)CC1. The molecule has 0 aliphatic carbocycles. The summed E-state index contributed by atoms with van der Waals surface area (Å²) < 4.78 is 38.5. The van der Waals surface area contributed by atoms with Crippen molar-refractivity contribution in [2.24, 2.45) is 5.92 Å². The zero-order valence-electron chi connectivity index (χ0n) is 12.4. The molecule has 1 aromatic carbocycles. The largest absolute Gasteiger partial charge is 0.416 e. The predicted octanol–water partition coefficient (Wildman–Crippen LogP) is 3.53. The van der Waals surface area contributed by atoms with E-state index < -0.39 is 11.7 Å². The van der Waals surface area contributed by atoms with Crippen LogP contribution in [-0.2, 0) is 12.7 Å². The number of hydrogen-bond donors (Lipinski definition) is 1. The Balaban J connectivity index is 1.76. The maximum absolute atomic E-state index is 12.8. The third-order valence-electron chi connectivity index (χ3n) is 4.12. The summed E-state index contributed by atoms with van der Waals surface area (Å²) in [6, 6.07) is 5.76. The molecule has 0 atom stereocenters. The van der Waals surface area contributed by atoms with Gasteiger partial charge in [-0.1, -0.05) is 25.1 Å². The molecular formula is C16H23F3N2. The van der Waals surface area contributed by atoms with E-state index in [1.807, 2.05) is 0 Å². The van der Waals surface area contributed by atoms with Crippen LogP contribution < -0.4 is 5.32 Å². The summed E-state index contributed by atoms with van der Waals surface area (Å²) in [5.74, 6) is 0.799. The molecule has 1 heterocycles. The molecule has 1 N–H and O–H groups in total. The van der Waals surface area contributed by atoms with Crippen LogP contribution in [0.5, 0.6) is 0 Å². The van der Waals surface area contributed by atoms with E-state index in [4.69, 9.17) is 0 Å². The van der Waals surface area contributed by atoms with Crippen LogP contribution in [0.15, 0.2) is 24.3 Å². The Labute approximate surface area is 124 Å². The minimum Gasteiger partial charge on any atom is -0.311 e. The molecule has 0 bridgehead atoms. The Morgan fingerprint density at radius 3 is 2.52 bits per heavy atom. The molecule has 118 valence electrons. The van der Waals surface area contributed by atoms with Gasteiger partial charge in [0.2, 0.25) is 0 Å². The Morgan fingerprint density at radius 1 is 1.19 bits per heavy atom. The molecular weight excluding hydrogens is 277 g/mol. The van der Waals surface area contributed by atoms with E-state index in [-0.39, 0.29) is 6.54 Å². The van der Waals surface area contributed by atoms with Crippen molar-refractivity contribution in [1.82, 2.24) is 10.2 Å². The summed E-state index contributed by atoms with van der Waals surface area (Å²) in [5, 5.41) is 3.13. The molecule has 0 radical (unpaired) electrons. The molecule has 0 aromatic heterocycles. The van der Waals surface area contributed by atoms with Crippen molar-refractivity contribution in [2.75, 3.05) is 26.2 Å². The second kappa shape index (κ2) is 7.27. The Morgan fingerprint density at radius 2 is 1.86 bits per heavy atom. The van der Waals surface area contributed by atoms with E-state index in [0.29, 0.717) is 5.56 Å². The van der Waals surface area contributed by atoms with Gasteiger partial charge < -0.3 is 10.2 Å². The van der Waals surface area contributed by atoms with Crippen molar-refractivity contribution in [3.05, 3.63) is 35.4 Å². The molecule has 2 nitrogen and oxygen atoms in total. The maximum atomic E-state index is 12.8. The van der Waals surface area contributed by atoms with Crippen LogP contribution in [0.25, 0.3) is 0 Å². The van der Waals surface area contributed by atoms with E-state index in [1.54, 1.807) is 12.1 Å². The molecule has 21 heavy (non-hydrogen) atoms. The van der Waals surface area contributed by atoms with Gasteiger partial charge in [0.15, 0.2) is 0 Å². The number of likely N-dealkylation sites (tertiary alicyclic amines) is 1. The van der Waals surface area contributed by atoms with Gasteiger partial charge in [-0.15, -0.1) is 0 Å². The van der Waals surface area contributed by atoms with Crippen LogP contribution in [0.1, 0.15) is 30.9 Å². The van der Waals surface area contributed by atoms with E-state index in [1.165, 1.54) is 18.9 Å². The van der Waals surface area contributed by atoms with Gasteiger partial charge in [-0.2, -0.15) is 13.2 Å². The van der Waals surface area contributed by atoms with E-state index >= 15 is 0 Å². The third kappa shape index (κ3) is 5.00. The molecule has 1 aromatic rings. The van der Waals surface area contributed by atoms with Crippen molar-refractivity contribution in [1.29, 1.82) is 0 Å². The molecule has 0 unspecified atom stereocenters. The standard InChI is InChI=1S/C16H23F3N2/c1-13-6-9-21(10-7-13)11-8-20-12-14-4-2-3-5-15(14)16(17,18)19/h2-5,13,20H,6-12H2,1H3. The van der Waals surface area contributed by atoms with Gasteiger partial charge in [-0.25, -0.2) is 0 Å². The number of hydrogen-bond acceptors (Lipinski definition) is 2. The van der Waals surface area contributed by atoms with Crippen molar-refractivity contribution in [3.8, 4) is 0 Å². The molecule has 1 fully saturated rings. The Bertz CT molecular complexity index is 437. The lowest BCUT2D eigenvalue weighted by Crippen LogP contribution is -2.37. The number of nitrogens with one attached hydrogen (secondary N) is 1. The third-order valence-corrected chi connectivity index (χ3v) is 4.12. The van der Waals surface area contributed by atoms with Crippen LogP contribution in [0.3, 0.4) is 0 Å². The van der Waals surface area contributed by atoms with Crippen LogP contribution in [0.2, 0.25) is 0 Å². The van der Waals surface area contributed by atoms with Crippen molar-refractivity contribution in [2.45, 2.75) is 32.5 Å². The topological polar surface area (TPSA) is 15.3 Å². The van der Waals surface area contributed by atoms with Gasteiger partial charge in [0.25, 0.3) is 0 Å². The number of halogens is 3. The molecule has 1 saturated heterocycles. The minimum atomic E-state index is -4.28. The Kier molecular flexibility index (Phi) is 5.65.